The minimum atomic E-state index is -0.861. The summed E-state index contributed by atoms with van der Waals surface area (Å²) in [4.78, 5) is 15.8. The third-order valence-electron chi connectivity index (χ3n) is 7.99. The van der Waals surface area contributed by atoms with E-state index < -0.39 is 11.7 Å². The third-order valence-corrected chi connectivity index (χ3v) is 7.99. The van der Waals surface area contributed by atoms with E-state index in [0.717, 1.165) is 48.8 Å². The van der Waals surface area contributed by atoms with Crippen molar-refractivity contribution in [3.8, 4) is 11.1 Å². The summed E-state index contributed by atoms with van der Waals surface area (Å²) in [5, 5.41) is 21.6. The van der Waals surface area contributed by atoms with E-state index in [1.165, 1.54) is 12.1 Å². The van der Waals surface area contributed by atoms with Crippen molar-refractivity contribution < 1.29 is 19.4 Å². The smallest absolute Gasteiger partial charge is 0.407 e. The van der Waals surface area contributed by atoms with Crippen molar-refractivity contribution in [1.29, 1.82) is 0 Å². The summed E-state index contributed by atoms with van der Waals surface area (Å²) in [6, 6.07) is 14.7. The van der Waals surface area contributed by atoms with Crippen LogP contribution in [0, 0.1) is 11.2 Å². The maximum atomic E-state index is 13.7. The fourth-order valence-corrected chi connectivity index (χ4v) is 5.91. The predicted molar refractivity (Wildman–Crippen MR) is 137 cm³/mol. The Bertz CT molecular complexity index is 1010. The Balaban J connectivity index is 1.60. The van der Waals surface area contributed by atoms with Crippen LogP contribution in [0.15, 0.2) is 48.5 Å². The van der Waals surface area contributed by atoms with E-state index in [1.807, 2.05) is 18.2 Å². The van der Waals surface area contributed by atoms with Crippen LogP contribution in [0.25, 0.3) is 11.1 Å². The Morgan fingerprint density at radius 2 is 1.74 bits per heavy atom. The number of halogens is 1. The first kappa shape index (κ1) is 25.6. The van der Waals surface area contributed by atoms with Crippen LogP contribution in [-0.2, 0) is 0 Å². The second kappa shape index (κ2) is 10.3. The topological polar surface area (TPSA) is 64.0 Å². The van der Waals surface area contributed by atoms with Gasteiger partial charge >= 0.3 is 6.09 Å². The largest absolute Gasteiger partial charge is 0.465 e. The normalized spacial score (nSPS) is 22.1. The van der Waals surface area contributed by atoms with E-state index >= 15 is 0 Å². The van der Waals surface area contributed by atoms with E-state index in [4.69, 9.17) is 0 Å². The maximum absolute atomic E-state index is 13.7. The third kappa shape index (κ3) is 5.87. The number of aliphatic hydroxyl groups is 1. The van der Waals surface area contributed by atoms with Crippen molar-refractivity contribution in [1.82, 2.24) is 9.80 Å². The minimum absolute atomic E-state index is 0.0682. The number of nitrogens with zero attached hydrogens (tertiary/aromatic N) is 2. The minimum Gasteiger partial charge on any atom is -0.465 e. The number of amides is 1. The lowest BCUT2D eigenvalue weighted by molar-refractivity contribution is -0.0420. The summed E-state index contributed by atoms with van der Waals surface area (Å²) < 4.78 is 13.7. The Kier molecular flexibility index (Phi) is 7.53. The molecule has 0 bridgehead atoms. The molecule has 1 aliphatic heterocycles. The molecule has 2 aliphatic rings. The van der Waals surface area contributed by atoms with E-state index in [0.29, 0.717) is 26.2 Å². The summed E-state index contributed by atoms with van der Waals surface area (Å²) >= 11 is 0. The van der Waals surface area contributed by atoms with Gasteiger partial charge in [0.1, 0.15) is 5.82 Å². The van der Waals surface area contributed by atoms with Gasteiger partial charge in [0.15, 0.2) is 0 Å². The molecule has 2 unspecified atom stereocenters. The van der Waals surface area contributed by atoms with Crippen molar-refractivity contribution in [3.63, 3.8) is 0 Å². The van der Waals surface area contributed by atoms with E-state index in [1.54, 1.807) is 11.0 Å². The lowest BCUT2D eigenvalue weighted by atomic mass is 9.72. The molecule has 0 radical (unpaired) electrons. The summed E-state index contributed by atoms with van der Waals surface area (Å²) in [6.07, 6.45) is 3.89. The number of piperazine rings is 1. The fraction of sp³-hybridized carbons (Fsp3) is 0.552. The summed E-state index contributed by atoms with van der Waals surface area (Å²) in [5.74, 6) is -0.323. The molecular formula is C29H39FN2O3. The van der Waals surface area contributed by atoms with E-state index in [-0.39, 0.29) is 23.2 Å². The molecule has 2 aromatic rings. The molecule has 1 aliphatic carbocycles. The first-order valence-electron chi connectivity index (χ1n) is 12.9. The van der Waals surface area contributed by atoms with Gasteiger partial charge in [-0.3, -0.25) is 4.90 Å². The first-order chi connectivity index (χ1) is 16.6. The molecule has 0 spiro atoms. The molecule has 1 heterocycles. The Morgan fingerprint density at radius 3 is 2.34 bits per heavy atom. The lowest BCUT2D eigenvalue weighted by Gasteiger charge is -2.48. The Labute approximate surface area is 208 Å². The molecule has 190 valence electrons. The van der Waals surface area contributed by atoms with E-state index in [9.17, 15) is 19.4 Å². The second-order valence-electron chi connectivity index (χ2n) is 11.5. The average molecular weight is 483 g/mol. The Morgan fingerprint density at radius 1 is 1.06 bits per heavy atom. The molecular weight excluding hydrogens is 443 g/mol. The molecule has 35 heavy (non-hydrogen) atoms. The first-order valence-corrected chi connectivity index (χ1v) is 12.9. The van der Waals surface area contributed by atoms with Crippen LogP contribution in [0.5, 0.6) is 0 Å². The standard InChI is InChI=1S/C29H39FN2O3/c1-28(2,3)26-20-31(16-17-32(26)27(33)34)19-25(29(35)14-5-4-6-15-29)22-12-10-21(11-13-22)23-8-7-9-24(30)18-23/h7-13,18,25-26,35H,4-6,14-17,19-20H2,1-3H3,(H,33,34). The second-order valence-corrected chi connectivity index (χ2v) is 11.5. The van der Waals surface area contributed by atoms with Gasteiger partial charge in [0.25, 0.3) is 0 Å². The van der Waals surface area contributed by atoms with Crippen LogP contribution in [0.3, 0.4) is 0 Å². The van der Waals surface area contributed by atoms with Crippen LogP contribution in [0.4, 0.5) is 9.18 Å². The van der Waals surface area contributed by atoms with Gasteiger partial charge in [-0.25, -0.2) is 9.18 Å². The summed E-state index contributed by atoms with van der Waals surface area (Å²) in [7, 11) is 0. The number of benzene rings is 2. The molecule has 1 amide bonds. The van der Waals surface area contributed by atoms with Gasteiger partial charge in [-0.2, -0.15) is 0 Å². The van der Waals surface area contributed by atoms with Gasteiger partial charge < -0.3 is 15.1 Å². The van der Waals surface area contributed by atoms with Crippen molar-refractivity contribution in [2.45, 2.75) is 70.4 Å². The van der Waals surface area contributed by atoms with Crippen molar-refractivity contribution in [2.24, 2.45) is 5.41 Å². The highest BCUT2D eigenvalue weighted by atomic mass is 19.1. The molecule has 2 atom stereocenters. The van der Waals surface area contributed by atoms with E-state index in [2.05, 4.69) is 37.8 Å². The van der Waals surface area contributed by atoms with Crippen LogP contribution < -0.4 is 0 Å². The van der Waals surface area contributed by atoms with Crippen molar-refractivity contribution >= 4 is 6.09 Å². The van der Waals surface area contributed by atoms with Crippen LogP contribution in [0.2, 0.25) is 0 Å². The number of carbonyl (C=O) groups is 1. The molecule has 2 fully saturated rings. The highest BCUT2D eigenvalue weighted by molar-refractivity contribution is 5.66. The van der Waals surface area contributed by atoms with Crippen LogP contribution in [-0.4, -0.2) is 63.9 Å². The molecule has 2 aromatic carbocycles. The van der Waals surface area contributed by atoms with Crippen molar-refractivity contribution in [2.75, 3.05) is 26.2 Å². The average Bonchev–Trinajstić information content (AvgIpc) is 2.82. The monoisotopic (exact) mass is 482 g/mol. The quantitative estimate of drug-likeness (QED) is 0.550. The zero-order valence-corrected chi connectivity index (χ0v) is 21.2. The van der Waals surface area contributed by atoms with Crippen LogP contribution in [0.1, 0.15) is 64.4 Å². The van der Waals surface area contributed by atoms with Gasteiger partial charge in [-0.1, -0.05) is 76.4 Å². The molecule has 1 saturated carbocycles. The maximum Gasteiger partial charge on any atom is 0.407 e. The summed E-state index contributed by atoms with van der Waals surface area (Å²) in [6.45, 7) is 8.75. The Hall–Kier alpha value is -2.44. The molecule has 6 heteroatoms. The van der Waals surface area contributed by atoms with Crippen LogP contribution >= 0.6 is 0 Å². The SMILES string of the molecule is CC(C)(C)C1CN(CC(c2ccc(-c3cccc(F)c3)cc2)C2(O)CCCCC2)CCN1C(=O)O. The zero-order valence-electron chi connectivity index (χ0n) is 21.2. The molecule has 1 saturated heterocycles. The molecule has 0 aromatic heterocycles. The molecule has 5 nitrogen and oxygen atoms in total. The number of hydrogen-bond acceptors (Lipinski definition) is 3. The highest BCUT2D eigenvalue weighted by Crippen LogP contribution is 2.41. The van der Waals surface area contributed by atoms with Gasteiger partial charge in [0.05, 0.1) is 11.6 Å². The van der Waals surface area contributed by atoms with Crippen molar-refractivity contribution in [3.05, 3.63) is 59.9 Å². The van der Waals surface area contributed by atoms with Gasteiger partial charge in [0, 0.05) is 32.1 Å². The van der Waals surface area contributed by atoms with Gasteiger partial charge in [0.2, 0.25) is 0 Å². The number of hydrogen-bond donors (Lipinski definition) is 2. The van der Waals surface area contributed by atoms with Gasteiger partial charge in [-0.05, 0) is 47.1 Å². The fourth-order valence-electron chi connectivity index (χ4n) is 5.91. The summed E-state index contributed by atoms with van der Waals surface area (Å²) in [5.41, 5.74) is 1.91. The lowest BCUT2D eigenvalue weighted by Crippen LogP contribution is -2.60. The zero-order chi connectivity index (χ0) is 25.2. The molecule has 2 N–H and O–H groups in total. The highest BCUT2D eigenvalue weighted by Gasteiger charge is 2.43. The number of rotatable bonds is 5. The molecule has 4 rings (SSSR count). The number of carboxylic acid groups (broad SMARTS) is 1. The van der Waals surface area contributed by atoms with Gasteiger partial charge in [-0.15, -0.1) is 0 Å². The predicted octanol–water partition coefficient (Wildman–Crippen LogP) is 5.98.